The molecule has 0 unspecified atom stereocenters. The highest BCUT2D eigenvalue weighted by atomic mass is 16.5. The molecular formula is C19H25N3O4. The lowest BCUT2D eigenvalue weighted by Gasteiger charge is -2.44. The third-order valence-electron chi connectivity index (χ3n) is 5.39. The van der Waals surface area contributed by atoms with Crippen LogP contribution in [-0.4, -0.2) is 66.5 Å². The molecule has 0 aromatic heterocycles. The quantitative estimate of drug-likeness (QED) is 0.804. The molecule has 140 valence electrons. The Labute approximate surface area is 153 Å². The lowest BCUT2D eigenvalue weighted by atomic mass is 9.95. The summed E-state index contributed by atoms with van der Waals surface area (Å²) in [5.41, 5.74) is 1.32. The lowest BCUT2D eigenvalue weighted by molar-refractivity contribution is -0.149. The number of nitrogens with one attached hydrogen (secondary N) is 1. The highest BCUT2D eigenvalue weighted by Gasteiger charge is 2.48. The Hall–Kier alpha value is -2.41. The molecule has 0 bridgehead atoms. The van der Waals surface area contributed by atoms with E-state index in [2.05, 4.69) is 12.2 Å². The van der Waals surface area contributed by atoms with E-state index in [0.717, 1.165) is 6.42 Å². The van der Waals surface area contributed by atoms with Gasteiger partial charge in [0, 0.05) is 31.5 Å². The highest BCUT2D eigenvalue weighted by molar-refractivity contribution is 5.94. The first-order chi connectivity index (χ1) is 12.5. The molecule has 2 amide bonds. The number of nitrogens with zero attached hydrogens (tertiary/aromatic N) is 2. The Morgan fingerprint density at radius 3 is 2.42 bits per heavy atom. The maximum absolute atomic E-state index is 12.7. The molecule has 3 rings (SSSR count). The van der Waals surface area contributed by atoms with Gasteiger partial charge < -0.3 is 14.5 Å². The molecule has 7 nitrogen and oxygen atoms in total. The Morgan fingerprint density at radius 1 is 1.19 bits per heavy atom. The molecule has 7 heteroatoms. The first-order valence-corrected chi connectivity index (χ1v) is 8.99. The van der Waals surface area contributed by atoms with E-state index in [-0.39, 0.29) is 24.9 Å². The topological polar surface area (TPSA) is 79.0 Å². The van der Waals surface area contributed by atoms with Crippen molar-refractivity contribution in [3.05, 3.63) is 35.4 Å². The third-order valence-corrected chi connectivity index (χ3v) is 5.39. The minimum absolute atomic E-state index is 0.00587. The molecule has 2 aliphatic rings. The molecule has 26 heavy (non-hydrogen) atoms. The molecule has 0 atom stereocenters. The number of methoxy groups -OCH3 is 1. The molecule has 0 radical (unpaired) electrons. The van der Waals surface area contributed by atoms with Crippen LogP contribution in [0.25, 0.3) is 0 Å². The van der Waals surface area contributed by atoms with Gasteiger partial charge in [0.15, 0.2) is 0 Å². The van der Waals surface area contributed by atoms with E-state index < -0.39 is 11.6 Å². The van der Waals surface area contributed by atoms with Gasteiger partial charge in [0.2, 0.25) is 5.91 Å². The number of hydrogen-bond acceptors (Lipinski definition) is 5. The van der Waals surface area contributed by atoms with Gasteiger partial charge in [-0.05, 0) is 24.1 Å². The minimum atomic E-state index is -0.561. The molecule has 2 aliphatic heterocycles. The Morgan fingerprint density at radius 2 is 1.85 bits per heavy atom. The fraction of sp³-hybridized carbons (Fsp3) is 0.526. The normalized spacial score (nSPS) is 19.1. The van der Waals surface area contributed by atoms with E-state index in [1.165, 1.54) is 12.7 Å². The number of piperidine rings is 1. The predicted octanol–water partition coefficient (Wildman–Crippen LogP) is 0.786. The Kier molecular flexibility index (Phi) is 5.27. The number of benzene rings is 1. The summed E-state index contributed by atoms with van der Waals surface area (Å²) < 4.78 is 4.71. The smallest absolute Gasteiger partial charge is 0.325 e. The Bertz CT molecular complexity index is 693. The van der Waals surface area contributed by atoms with E-state index in [4.69, 9.17) is 4.74 Å². The average Bonchev–Trinajstić information content (AvgIpc) is 2.97. The van der Waals surface area contributed by atoms with Gasteiger partial charge in [-0.3, -0.25) is 19.7 Å². The van der Waals surface area contributed by atoms with Crippen molar-refractivity contribution in [1.29, 1.82) is 0 Å². The standard InChI is InChI=1S/C19H25N3O4/c1-3-14-4-6-15(7-5-14)18(25)21-10-8-19(9-11-21)20-12-16(23)22(19)13-17(24)26-2/h4-7,20H,3,8-13H2,1-2H3. The Balaban J connectivity index is 1.66. The van der Waals surface area contributed by atoms with Gasteiger partial charge in [0.25, 0.3) is 5.91 Å². The fourth-order valence-electron chi connectivity index (χ4n) is 3.69. The van der Waals surface area contributed by atoms with Crippen molar-refractivity contribution in [1.82, 2.24) is 15.1 Å². The van der Waals surface area contributed by atoms with Crippen LogP contribution in [0.3, 0.4) is 0 Å². The van der Waals surface area contributed by atoms with Crippen LogP contribution < -0.4 is 5.32 Å². The van der Waals surface area contributed by atoms with Crippen molar-refractivity contribution in [2.24, 2.45) is 0 Å². The molecule has 2 heterocycles. The second kappa shape index (κ2) is 7.45. The first-order valence-electron chi connectivity index (χ1n) is 8.99. The van der Waals surface area contributed by atoms with Gasteiger partial charge in [0.1, 0.15) is 6.54 Å². The van der Waals surface area contributed by atoms with Gasteiger partial charge in [-0.2, -0.15) is 0 Å². The second-order valence-electron chi connectivity index (χ2n) is 6.78. The number of amides is 2. The molecule has 2 saturated heterocycles. The van der Waals surface area contributed by atoms with Crippen molar-refractivity contribution in [2.45, 2.75) is 31.8 Å². The van der Waals surface area contributed by atoms with Crippen molar-refractivity contribution in [2.75, 3.05) is 33.3 Å². The summed E-state index contributed by atoms with van der Waals surface area (Å²) in [4.78, 5) is 39.9. The summed E-state index contributed by atoms with van der Waals surface area (Å²) in [6, 6.07) is 7.70. The van der Waals surface area contributed by atoms with Gasteiger partial charge in [-0.25, -0.2) is 0 Å². The minimum Gasteiger partial charge on any atom is -0.468 e. The molecule has 1 aromatic carbocycles. The van der Waals surface area contributed by atoms with Crippen molar-refractivity contribution >= 4 is 17.8 Å². The summed E-state index contributed by atoms with van der Waals surface area (Å²) in [5, 5.41) is 3.25. The summed E-state index contributed by atoms with van der Waals surface area (Å²) in [7, 11) is 1.31. The molecule has 2 fully saturated rings. The number of aryl methyl sites for hydroxylation is 1. The zero-order valence-corrected chi connectivity index (χ0v) is 15.3. The molecule has 1 aromatic rings. The number of carbonyl (C=O) groups excluding carboxylic acids is 3. The highest BCUT2D eigenvalue weighted by Crippen LogP contribution is 2.30. The van der Waals surface area contributed by atoms with Gasteiger partial charge in [-0.1, -0.05) is 19.1 Å². The lowest BCUT2D eigenvalue weighted by Crippen LogP contribution is -2.60. The monoisotopic (exact) mass is 359 g/mol. The average molecular weight is 359 g/mol. The predicted molar refractivity (Wildman–Crippen MR) is 95.4 cm³/mol. The number of esters is 1. The first kappa shape index (κ1) is 18.4. The number of likely N-dealkylation sites (tertiary alicyclic amines) is 1. The van der Waals surface area contributed by atoms with Gasteiger partial charge in [0.05, 0.1) is 19.3 Å². The maximum atomic E-state index is 12.7. The van der Waals surface area contributed by atoms with Crippen LogP contribution in [0.15, 0.2) is 24.3 Å². The van der Waals surface area contributed by atoms with E-state index in [0.29, 0.717) is 31.5 Å². The summed E-state index contributed by atoms with van der Waals surface area (Å²) in [6.07, 6.45) is 2.12. The second-order valence-corrected chi connectivity index (χ2v) is 6.78. The van der Waals surface area contributed by atoms with Crippen molar-refractivity contribution in [3.63, 3.8) is 0 Å². The van der Waals surface area contributed by atoms with Crippen molar-refractivity contribution < 1.29 is 19.1 Å². The van der Waals surface area contributed by atoms with Crippen molar-refractivity contribution in [3.8, 4) is 0 Å². The molecule has 0 aliphatic carbocycles. The molecule has 0 saturated carbocycles. The van der Waals surface area contributed by atoms with Crippen LogP contribution in [0, 0.1) is 0 Å². The van der Waals surface area contributed by atoms with Crippen LogP contribution in [0.1, 0.15) is 35.7 Å². The van der Waals surface area contributed by atoms with Crippen LogP contribution in [-0.2, 0) is 20.7 Å². The SMILES string of the molecule is CCc1ccc(C(=O)N2CCC3(CC2)NCC(=O)N3CC(=O)OC)cc1. The fourth-order valence-corrected chi connectivity index (χ4v) is 3.69. The van der Waals surface area contributed by atoms with E-state index in [1.807, 2.05) is 29.2 Å². The van der Waals surface area contributed by atoms with E-state index >= 15 is 0 Å². The van der Waals surface area contributed by atoms with Crippen LogP contribution in [0.4, 0.5) is 0 Å². The largest absolute Gasteiger partial charge is 0.468 e. The summed E-state index contributed by atoms with van der Waals surface area (Å²) in [6.45, 7) is 3.30. The van der Waals surface area contributed by atoms with Crippen LogP contribution in [0.2, 0.25) is 0 Å². The van der Waals surface area contributed by atoms with Gasteiger partial charge >= 0.3 is 5.97 Å². The summed E-state index contributed by atoms with van der Waals surface area (Å²) >= 11 is 0. The number of carbonyl (C=O) groups is 3. The van der Waals surface area contributed by atoms with E-state index in [9.17, 15) is 14.4 Å². The van der Waals surface area contributed by atoms with Crippen LogP contribution >= 0.6 is 0 Å². The molecule has 1 spiro atoms. The zero-order valence-electron chi connectivity index (χ0n) is 15.3. The maximum Gasteiger partial charge on any atom is 0.325 e. The molecular weight excluding hydrogens is 334 g/mol. The number of rotatable bonds is 4. The third kappa shape index (κ3) is 3.44. The van der Waals surface area contributed by atoms with Crippen LogP contribution in [0.5, 0.6) is 0 Å². The zero-order chi connectivity index (χ0) is 18.7. The van der Waals surface area contributed by atoms with Gasteiger partial charge in [-0.15, -0.1) is 0 Å². The number of ether oxygens (including phenoxy) is 1. The number of hydrogen-bond donors (Lipinski definition) is 1. The molecule has 1 N–H and O–H groups in total. The summed E-state index contributed by atoms with van der Waals surface area (Å²) in [5.74, 6) is -0.535. The van der Waals surface area contributed by atoms with E-state index in [1.54, 1.807) is 4.90 Å².